The number of benzene rings is 1. The summed E-state index contributed by atoms with van der Waals surface area (Å²) >= 11 is 1.81. The van der Waals surface area contributed by atoms with Crippen molar-refractivity contribution < 1.29 is 9.47 Å². The Balaban J connectivity index is 0.00000529. The molecule has 24 heavy (non-hydrogen) atoms. The van der Waals surface area contributed by atoms with Gasteiger partial charge in [-0.1, -0.05) is 0 Å². The Morgan fingerprint density at radius 1 is 1.25 bits per heavy atom. The van der Waals surface area contributed by atoms with E-state index in [2.05, 4.69) is 42.7 Å². The van der Waals surface area contributed by atoms with Gasteiger partial charge in [0.05, 0.1) is 20.3 Å². The van der Waals surface area contributed by atoms with Crippen LogP contribution in [-0.2, 0) is 0 Å². The molecule has 0 aromatic heterocycles. The van der Waals surface area contributed by atoms with Crippen LogP contribution in [0.4, 0.5) is 5.69 Å². The molecule has 0 fully saturated rings. The summed E-state index contributed by atoms with van der Waals surface area (Å²) in [6.45, 7) is 10.5. The number of guanidine groups is 1. The Hall–Kier alpha value is -0.830. The topological polar surface area (TPSA) is 54.9 Å². The number of hydrogen-bond acceptors (Lipinski definition) is 4. The SMILES string of the molecule is CCNC(=NCC(C)(C)SC)Nc1ccc(OCC)c(OC)c1.I. The number of ether oxygens (including phenoxy) is 2. The van der Waals surface area contributed by atoms with Crippen molar-refractivity contribution in [3.8, 4) is 11.5 Å². The average Bonchev–Trinajstić information content (AvgIpc) is 2.54. The molecule has 1 aromatic rings. The van der Waals surface area contributed by atoms with Crippen molar-refractivity contribution >= 4 is 47.4 Å². The Morgan fingerprint density at radius 3 is 2.50 bits per heavy atom. The van der Waals surface area contributed by atoms with Crippen molar-refractivity contribution in [1.82, 2.24) is 5.32 Å². The molecule has 0 amide bonds. The van der Waals surface area contributed by atoms with E-state index >= 15 is 0 Å². The molecule has 7 heteroatoms. The lowest BCUT2D eigenvalue weighted by Crippen LogP contribution is -2.32. The third-order valence-electron chi connectivity index (χ3n) is 3.24. The normalized spacial score (nSPS) is 11.5. The lowest BCUT2D eigenvalue weighted by atomic mass is 10.2. The molecule has 0 atom stereocenters. The first-order valence-corrected chi connectivity index (χ1v) is 9.09. The van der Waals surface area contributed by atoms with Crippen LogP contribution in [0.3, 0.4) is 0 Å². The van der Waals surface area contributed by atoms with Crippen molar-refractivity contribution in [2.24, 2.45) is 4.99 Å². The average molecular weight is 467 g/mol. The molecular weight excluding hydrogens is 437 g/mol. The number of aliphatic imine (C=N–C) groups is 1. The van der Waals surface area contributed by atoms with Crippen molar-refractivity contribution in [2.75, 3.05) is 38.4 Å². The van der Waals surface area contributed by atoms with Crippen LogP contribution in [0.25, 0.3) is 0 Å². The Kier molecular flexibility index (Phi) is 11.3. The lowest BCUT2D eigenvalue weighted by molar-refractivity contribution is 0.311. The standard InChI is InChI=1S/C17H29N3O2S.HI/c1-7-18-16(19-12-17(3,4)23-6)20-13-9-10-14(22-8-2)15(11-13)21-5;/h9-11H,7-8,12H2,1-6H3,(H2,18,19,20);1H. The van der Waals surface area contributed by atoms with Crippen LogP contribution in [0.5, 0.6) is 11.5 Å². The van der Waals surface area contributed by atoms with E-state index in [0.29, 0.717) is 12.4 Å². The van der Waals surface area contributed by atoms with E-state index in [-0.39, 0.29) is 28.7 Å². The van der Waals surface area contributed by atoms with E-state index in [1.54, 1.807) is 7.11 Å². The number of thioether (sulfide) groups is 1. The van der Waals surface area contributed by atoms with Crippen LogP contribution >= 0.6 is 35.7 Å². The summed E-state index contributed by atoms with van der Waals surface area (Å²) in [4.78, 5) is 4.67. The highest BCUT2D eigenvalue weighted by Gasteiger charge is 2.15. The minimum absolute atomic E-state index is 0. The van der Waals surface area contributed by atoms with Gasteiger partial charge < -0.3 is 20.1 Å². The molecular formula is C17H30IN3O2S. The second-order valence-electron chi connectivity index (χ2n) is 5.58. The van der Waals surface area contributed by atoms with Gasteiger partial charge in [0.1, 0.15) is 0 Å². The highest BCUT2D eigenvalue weighted by molar-refractivity contribution is 14.0. The first kappa shape index (κ1) is 23.2. The molecule has 0 saturated carbocycles. The predicted octanol–water partition coefficient (Wildman–Crippen LogP) is 4.23. The fourth-order valence-corrected chi connectivity index (χ4v) is 1.99. The van der Waals surface area contributed by atoms with Gasteiger partial charge in [-0.25, -0.2) is 0 Å². The van der Waals surface area contributed by atoms with Crippen molar-refractivity contribution in [2.45, 2.75) is 32.4 Å². The summed E-state index contributed by atoms with van der Waals surface area (Å²) in [6, 6.07) is 5.78. The number of nitrogens with one attached hydrogen (secondary N) is 2. The zero-order chi connectivity index (χ0) is 17.3. The molecule has 0 radical (unpaired) electrons. The van der Waals surface area contributed by atoms with Gasteiger partial charge in [-0.2, -0.15) is 11.8 Å². The first-order chi connectivity index (χ1) is 11.0. The summed E-state index contributed by atoms with van der Waals surface area (Å²) in [5.41, 5.74) is 0.909. The third kappa shape index (κ3) is 7.83. The molecule has 0 unspecified atom stereocenters. The molecule has 5 nitrogen and oxygen atoms in total. The van der Waals surface area contributed by atoms with Gasteiger partial charge >= 0.3 is 0 Å². The summed E-state index contributed by atoms with van der Waals surface area (Å²) in [7, 11) is 1.64. The van der Waals surface area contributed by atoms with E-state index in [9.17, 15) is 0 Å². The molecule has 0 heterocycles. The Labute approximate surface area is 167 Å². The van der Waals surface area contributed by atoms with Crippen molar-refractivity contribution in [3.05, 3.63) is 18.2 Å². The molecule has 1 rings (SSSR count). The quantitative estimate of drug-likeness (QED) is 0.341. The van der Waals surface area contributed by atoms with Crippen molar-refractivity contribution in [1.29, 1.82) is 0 Å². The van der Waals surface area contributed by atoms with Gasteiger partial charge in [-0.3, -0.25) is 4.99 Å². The summed E-state index contributed by atoms with van der Waals surface area (Å²) < 4.78 is 11.0. The van der Waals surface area contributed by atoms with E-state index in [0.717, 1.165) is 30.5 Å². The van der Waals surface area contributed by atoms with Gasteiger partial charge in [0, 0.05) is 23.0 Å². The Morgan fingerprint density at radius 2 is 1.96 bits per heavy atom. The molecule has 138 valence electrons. The zero-order valence-corrected chi connectivity index (χ0v) is 18.6. The minimum atomic E-state index is 0. The fourth-order valence-electron chi connectivity index (χ4n) is 1.80. The second kappa shape index (κ2) is 11.7. The maximum Gasteiger partial charge on any atom is 0.195 e. The summed E-state index contributed by atoms with van der Waals surface area (Å²) in [5.74, 6) is 2.21. The van der Waals surface area contributed by atoms with Crippen LogP contribution in [0.15, 0.2) is 23.2 Å². The minimum Gasteiger partial charge on any atom is -0.493 e. The van der Waals surface area contributed by atoms with Gasteiger partial charge in [0.2, 0.25) is 0 Å². The van der Waals surface area contributed by atoms with E-state index in [1.807, 2.05) is 36.9 Å². The van der Waals surface area contributed by atoms with Gasteiger partial charge in [0.25, 0.3) is 0 Å². The zero-order valence-electron chi connectivity index (χ0n) is 15.4. The second-order valence-corrected chi connectivity index (χ2v) is 7.10. The van der Waals surface area contributed by atoms with Crippen LogP contribution < -0.4 is 20.1 Å². The number of halogens is 1. The number of anilines is 1. The van der Waals surface area contributed by atoms with E-state index in [1.165, 1.54) is 0 Å². The van der Waals surface area contributed by atoms with E-state index in [4.69, 9.17) is 9.47 Å². The molecule has 0 bridgehead atoms. The summed E-state index contributed by atoms with van der Waals surface area (Å²) in [5, 5.41) is 6.58. The van der Waals surface area contributed by atoms with Crippen LogP contribution in [0, 0.1) is 0 Å². The number of methoxy groups -OCH3 is 1. The number of rotatable bonds is 8. The fraction of sp³-hybridized carbons (Fsp3) is 0.588. The van der Waals surface area contributed by atoms with Gasteiger partial charge in [-0.15, -0.1) is 24.0 Å². The maximum atomic E-state index is 5.54. The number of hydrogen-bond donors (Lipinski definition) is 2. The number of nitrogens with zero attached hydrogens (tertiary/aromatic N) is 1. The molecule has 0 aliphatic carbocycles. The van der Waals surface area contributed by atoms with Gasteiger partial charge in [0.15, 0.2) is 17.5 Å². The Bertz CT molecular complexity index is 525. The highest BCUT2D eigenvalue weighted by atomic mass is 127. The lowest BCUT2D eigenvalue weighted by Gasteiger charge is -2.20. The van der Waals surface area contributed by atoms with Crippen LogP contribution in [0.1, 0.15) is 27.7 Å². The first-order valence-electron chi connectivity index (χ1n) is 7.87. The molecule has 2 N–H and O–H groups in total. The van der Waals surface area contributed by atoms with E-state index < -0.39 is 0 Å². The molecule has 0 aliphatic rings. The van der Waals surface area contributed by atoms with Crippen molar-refractivity contribution in [3.63, 3.8) is 0 Å². The maximum absolute atomic E-state index is 5.54. The molecule has 1 aromatic carbocycles. The van der Waals surface area contributed by atoms with Crippen LogP contribution in [-0.4, -0.2) is 43.8 Å². The largest absolute Gasteiger partial charge is 0.493 e. The third-order valence-corrected chi connectivity index (χ3v) is 4.48. The predicted molar refractivity (Wildman–Crippen MR) is 117 cm³/mol. The smallest absolute Gasteiger partial charge is 0.195 e. The summed E-state index contributed by atoms with van der Waals surface area (Å²) in [6.07, 6.45) is 2.10. The monoisotopic (exact) mass is 467 g/mol. The molecule has 0 aliphatic heterocycles. The van der Waals surface area contributed by atoms with Crippen LogP contribution in [0.2, 0.25) is 0 Å². The highest BCUT2D eigenvalue weighted by Crippen LogP contribution is 2.30. The van der Waals surface area contributed by atoms with Gasteiger partial charge in [-0.05, 0) is 46.1 Å². The molecule has 0 saturated heterocycles. The molecule has 0 spiro atoms.